The molecule has 1 fully saturated rings. The fraction of sp³-hybridized carbons (Fsp3) is 0.625. The first-order valence-electron chi connectivity index (χ1n) is 7.33. The van der Waals surface area contributed by atoms with Crippen LogP contribution in [0.1, 0.15) is 25.7 Å². The first-order chi connectivity index (χ1) is 9.60. The van der Waals surface area contributed by atoms with Crippen LogP contribution in [0.3, 0.4) is 0 Å². The minimum absolute atomic E-state index is 0.647. The lowest BCUT2D eigenvalue weighted by Gasteiger charge is -2.32. The second-order valence-corrected chi connectivity index (χ2v) is 5.86. The van der Waals surface area contributed by atoms with Crippen LogP contribution < -0.4 is 15.2 Å². The standard InChI is InChI=1S/C16H26N2O2/c1-18(2)14-7-4-12(5-8-14)11-20-15-9-6-13(17)10-16(15)19-3/h6,9-10,12,14H,4-5,7-8,11,17H2,1-3H3. The third-order valence-corrected chi connectivity index (χ3v) is 4.21. The van der Waals surface area contributed by atoms with E-state index in [-0.39, 0.29) is 0 Å². The van der Waals surface area contributed by atoms with Crippen molar-refractivity contribution in [1.29, 1.82) is 0 Å². The zero-order chi connectivity index (χ0) is 14.5. The summed E-state index contributed by atoms with van der Waals surface area (Å²) in [6, 6.07) is 6.27. The minimum Gasteiger partial charge on any atom is -0.493 e. The number of benzene rings is 1. The average Bonchev–Trinajstić information content (AvgIpc) is 2.46. The molecule has 0 atom stereocenters. The molecule has 1 aliphatic rings. The Hall–Kier alpha value is -1.42. The highest BCUT2D eigenvalue weighted by molar-refractivity contribution is 5.51. The monoisotopic (exact) mass is 278 g/mol. The molecule has 4 nitrogen and oxygen atoms in total. The number of ether oxygens (including phenoxy) is 2. The fourth-order valence-corrected chi connectivity index (χ4v) is 2.84. The van der Waals surface area contributed by atoms with E-state index >= 15 is 0 Å². The Labute approximate surface area is 121 Å². The number of hydrogen-bond donors (Lipinski definition) is 1. The van der Waals surface area contributed by atoms with Gasteiger partial charge in [-0.15, -0.1) is 0 Å². The molecule has 0 radical (unpaired) electrons. The molecule has 0 heterocycles. The van der Waals surface area contributed by atoms with Crippen molar-refractivity contribution in [3.8, 4) is 11.5 Å². The maximum absolute atomic E-state index is 5.92. The summed E-state index contributed by atoms with van der Waals surface area (Å²) in [6.07, 6.45) is 5.00. The maximum Gasteiger partial charge on any atom is 0.162 e. The zero-order valence-electron chi connectivity index (χ0n) is 12.8. The highest BCUT2D eigenvalue weighted by Crippen LogP contribution is 2.31. The topological polar surface area (TPSA) is 47.7 Å². The molecule has 0 amide bonds. The molecule has 1 aromatic rings. The SMILES string of the molecule is COc1cc(N)ccc1OCC1CCC(N(C)C)CC1. The van der Waals surface area contributed by atoms with Crippen molar-refractivity contribution in [3.63, 3.8) is 0 Å². The molecule has 20 heavy (non-hydrogen) atoms. The molecule has 2 N–H and O–H groups in total. The number of nitrogens with zero attached hydrogens (tertiary/aromatic N) is 1. The molecule has 1 aromatic carbocycles. The van der Waals surface area contributed by atoms with Crippen molar-refractivity contribution < 1.29 is 9.47 Å². The van der Waals surface area contributed by atoms with Gasteiger partial charge in [0.15, 0.2) is 11.5 Å². The predicted octanol–water partition coefficient (Wildman–Crippen LogP) is 2.78. The molecule has 112 valence electrons. The van der Waals surface area contributed by atoms with Gasteiger partial charge in [-0.1, -0.05) is 0 Å². The van der Waals surface area contributed by atoms with Gasteiger partial charge in [0.2, 0.25) is 0 Å². The third-order valence-electron chi connectivity index (χ3n) is 4.21. The van der Waals surface area contributed by atoms with Crippen LogP contribution in [0, 0.1) is 5.92 Å². The van der Waals surface area contributed by atoms with Crippen LogP contribution in [0.15, 0.2) is 18.2 Å². The van der Waals surface area contributed by atoms with Gasteiger partial charge >= 0.3 is 0 Å². The molecule has 1 aliphatic carbocycles. The number of hydrogen-bond acceptors (Lipinski definition) is 4. The van der Waals surface area contributed by atoms with Crippen LogP contribution in [0.2, 0.25) is 0 Å². The molecular formula is C16H26N2O2. The van der Waals surface area contributed by atoms with E-state index in [9.17, 15) is 0 Å². The zero-order valence-corrected chi connectivity index (χ0v) is 12.8. The average molecular weight is 278 g/mol. The van der Waals surface area contributed by atoms with E-state index in [4.69, 9.17) is 15.2 Å². The molecule has 1 saturated carbocycles. The Morgan fingerprint density at radius 2 is 1.85 bits per heavy atom. The Kier molecular flexibility index (Phi) is 5.12. The van der Waals surface area contributed by atoms with E-state index in [1.54, 1.807) is 13.2 Å². The fourth-order valence-electron chi connectivity index (χ4n) is 2.84. The molecule has 2 rings (SSSR count). The molecule has 0 unspecified atom stereocenters. The molecule has 0 aromatic heterocycles. The Morgan fingerprint density at radius 1 is 1.15 bits per heavy atom. The van der Waals surface area contributed by atoms with Crippen LogP contribution in [0.5, 0.6) is 11.5 Å². The maximum atomic E-state index is 5.92. The van der Waals surface area contributed by atoms with Gasteiger partial charge in [0.1, 0.15) is 0 Å². The number of methoxy groups -OCH3 is 1. The molecule has 4 heteroatoms. The van der Waals surface area contributed by atoms with Crippen LogP contribution in [0.4, 0.5) is 5.69 Å². The van der Waals surface area contributed by atoms with E-state index < -0.39 is 0 Å². The summed E-state index contributed by atoms with van der Waals surface area (Å²) in [5.74, 6) is 2.15. The first kappa shape index (κ1) is 15.0. The summed E-state index contributed by atoms with van der Waals surface area (Å²) in [5, 5.41) is 0. The second-order valence-electron chi connectivity index (χ2n) is 5.86. The van der Waals surface area contributed by atoms with Crippen molar-refractivity contribution in [1.82, 2.24) is 4.90 Å². The van der Waals surface area contributed by atoms with E-state index in [0.29, 0.717) is 17.4 Å². The Bertz CT molecular complexity index is 426. The lowest BCUT2D eigenvalue weighted by molar-refractivity contribution is 0.149. The van der Waals surface area contributed by atoms with Crippen LogP contribution in [-0.4, -0.2) is 38.8 Å². The molecule has 0 spiro atoms. The van der Waals surface area contributed by atoms with Crippen LogP contribution in [-0.2, 0) is 0 Å². The summed E-state index contributed by atoms with van der Waals surface area (Å²) in [4.78, 5) is 2.33. The highest BCUT2D eigenvalue weighted by Gasteiger charge is 2.23. The van der Waals surface area contributed by atoms with E-state index in [1.807, 2.05) is 12.1 Å². The molecule has 0 aliphatic heterocycles. The minimum atomic E-state index is 0.647. The molecule has 0 saturated heterocycles. The largest absolute Gasteiger partial charge is 0.493 e. The Morgan fingerprint density at radius 3 is 2.45 bits per heavy atom. The predicted molar refractivity (Wildman–Crippen MR) is 82.3 cm³/mol. The van der Waals surface area contributed by atoms with Gasteiger partial charge in [-0.2, -0.15) is 0 Å². The molecule has 0 bridgehead atoms. The lowest BCUT2D eigenvalue weighted by atomic mass is 9.86. The second kappa shape index (κ2) is 6.84. The smallest absolute Gasteiger partial charge is 0.162 e. The number of nitrogen functional groups attached to an aromatic ring is 1. The quantitative estimate of drug-likeness (QED) is 0.841. The summed E-state index contributed by atoms with van der Waals surface area (Å²) >= 11 is 0. The van der Waals surface area contributed by atoms with Crippen molar-refractivity contribution in [2.24, 2.45) is 5.92 Å². The van der Waals surface area contributed by atoms with E-state index in [1.165, 1.54) is 25.7 Å². The normalized spacial score (nSPS) is 22.8. The summed E-state index contributed by atoms with van der Waals surface area (Å²) in [6.45, 7) is 0.764. The van der Waals surface area contributed by atoms with Crippen molar-refractivity contribution in [3.05, 3.63) is 18.2 Å². The van der Waals surface area contributed by atoms with Gasteiger partial charge in [0.25, 0.3) is 0 Å². The van der Waals surface area contributed by atoms with Gasteiger partial charge < -0.3 is 20.1 Å². The lowest BCUT2D eigenvalue weighted by Crippen LogP contribution is -2.33. The number of nitrogens with two attached hydrogens (primary N) is 1. The van der Waals surface area contributed by atoms with E-state index in [2.05, 4.69) is 19.0 Å². The van der Waals surface area contributed by atoms with Crippen molar-refractivity contribution in [2.75, 3.05) is 33.5 Å². The van der Waals surface area contributed by atoms with Crippen molar-refractivity contribution in [2.45, 2.75) is 31.7 Å². The van der Waals surface area contributed by atoms with Crippen molar-refractivity contribution >= 4 is 5.69 Å². The van der Waals surface area contributed by atoms with Gasteiger partial charge in [-0.3, -0.25) is 0 Å². The summed E-state index contributed by atoms with van der Waals surface area (Å²) in [7, 11) is 5.98. The first-order valence-corrected chi connectivity index (χ1v) is 7.33. The van der Waals surface area contributed by atoms with Gasteiger partial charge in [-0.05, 0) is 57.8 Å². The van der Waals surface area contributed by atoms with Crippen LogP contribution >= 0.6 is 0 Å². The van der Waals surface area contributed by atoms with Gasteiger partial charge in [0, 0.05) is 17.8 Å². The number of anilines is 1. The number of rotatable bonds is 5. The third kappa shape index (κ3) is 3.79. The van der Waals surface area contributed by atoms with E-state index in [0.717, 1.165) is 18.4 Å². The highest BCUT2D eigenvalue weighted by atomic mass is 16.5. The van der Waals surface area contributed by atoms with Crippen LogP contribution in [0.25, 0.3) is 0 Å². The van der Waals surface area contributed by atoms with Gasteiger partial charge in [0.05, 0.1) is 13.7 Å². The Balaban J connectivity index is 1.84. The summed E-state index contributed by atoms with van der Waals surface area (Å²) in [5.41, 5.74) is 6.44. The van der Waals surface area contributed by atoms with Gasteiger partial charge in [-0.25, -0.2) is 0 Å². The summed E-state index contributed by atoms with van der Waals surface area (Å²) < 4.78 is 11.2. The molecular weight excluding hydrogens is 252 g/mol.